The third-order valence-electron chi connectivity index (χ3n) is 5.94. The second-order valence-electron chi connectivity index (χ2n) is 8.48. The second-order valence-corrected chi connectivity index (χ2v) is 10.2. The number of aromatic nitrogens is 2. The molecule has 0 radical (unpaired) electrons. The van der Waals surface area contributed by atoms with E-state index in [2.05, 4.69) is 4.98 Å². The number of amides is 1. The maximum absolute atomic E-state index is 14.8. The molecule has 38 heavy (non-hydrogen) atoms. The number of halogens is 5. The lowest BCUT2D eigenvalue weighted by atomic mass is 10.0. The van der Waals surface area contributed by atoms with Gasteiger partial charge >= 0.3 is 6.18 Å². The molecule has 2 heterocycles. The fourth-order valence-corrected chi connectivity index (χ4v) is 5.22. The fourth-order valence-electron chi connectivity index (χ4n) is 4.04. The minimum absolute atomic E-state index is 0.0134. The van der Waals surface area contributed by atoms with Gasteiger partial charge in [0, 0.05) is 17.3 Å². The maximum Gasteiger partial charge on any atom is 0.404 e. The minimum atomic E-state index is -4.81. The Kier molecular flexibility index (Phi) is 7.01. The van der Waals surface area contributed by atoms with Crippen molar-refractivity contribution in [2.45, 2.75) is 37.4 Å². The Labute approximate surface area is 214 Å². The average molecular weight is 553 g/mol. The van der Waals surface area contributed by atoms with E-state index in [1.165, 1.54) is 45.7 Å². The Balaban J connectivity index is 1.97. The number of hydrogen-bond acceptors (Lipinski definition) is 4. The van der Waals surface area contributed by atoms with Crippen molar-refractivity contribution in [3.63, 3.8) is 0 Å². The molecule has 0 aliphatic heterocycles. The number of benzene rings is 2. The van der Waals surface area contributed by atoms with E-state index in [0.29, 0.717) is 24.4 Å². The molecule has 2 aromatic heterocycles. The molecule has 1 amide bonds. The zero-order valence-electron chi connectivity index (χ0n) is 20.0. The van der Waals surface area contributed by atoms with Gasteiger partial charge in [0.25, 0.3) is 5.91 Å². The van der Waals surface area contributed by atoms with Crippen LogP contribution in [-0.4, -0.2) is 36.1 Å². The quantitative estimate of drug-likeness (QED) is 0.319. The van der Waals surface area contributed by atoms with Gasteiger partial charge in [0.15, 0.2) is 0 Å². The van der Waals surface area contributed by atoms with E-state index in [0.717, 1.165) is 18.3 Å². The zero-order chi connectivity index (χ0) is 28.0. The normalized spacial score (nSPS) is 13.1. The fraction of sp³-hybridized carbons (Fsp3) is 0.200. The van der Waals surface area contributed by atoms with Crippen molar-refractivity contribution >= 4 is 26.8 Å². The Hall–Kier alpha value is -3.84. The van der Waals surface area contributed by atoms with E-state index in [-0.39, 0.29) is 28.0 Å². The summed E-state index contributed by atoms with van der Waals surface area (Å²) < 4.78 is 95.5. The smallest absolute Gasteiger partial charge is 0.366 e. The molecular formula is C25H21F5N4O3S. The number of sulfonamides is 1. The Morgan fingerprint density at radius 2 is 1.84 bits per heavy atom. The van der Waals surface area contributed by atoms with Gasteiger partial charge in [-0.25, -0.2) is 17.2 Å². The van der Waals surface area contributed by atoms with Crippen LogP contribution in [0.25, 0.3) is 28.0 Å². The number of carbonyl (C=O) groups excluding carboxylic acids is 1. The second kappa shape index (κ2) is 9.80. The summed E-state index contributed by atoms with van der Waals surface area (Å²) in [6, 6.07) is 7.77. The highest BCUT2D eigenvalue weighted by atomic mass is 32.2. The molecule has 7 nitrogen and oxygen atoms in total. The summed E-state index contributed by atoms with van der Waals surface area (Å²) in [5.74, 6) is -2.15. The number of nitrogens with two attached hydrogens (primary N) is 1. The molecule has 0 bridgehead atoms. The first-order chi connectivity index (χ1) is 17.7. The van der Waals surface area contributed by atoms with Gasteiger partial charge in [0.1, 0.15) is 22.6 Å². The molecule has 200 valence electrons. The summed E-state index contributed by atoms with van der Waals surface area (Å²) >= 11 is 0. The number of nitrogens with zero attached hydrogens (tertiary/aromatic N) is 2. The molecule has 0 fully saturated rings. The SMILES string of the molecule is CCc1cc2c(cc1F)c(C(N)=O)c(-c1ccc(S(=O)(=O)NC(C)C(F)(F)F)cn1)n2-c1cccc(F)c1. The van der Waals surface area contributed by atoms with Crippen LogP contribution in [0.3, 0.4) is 0 Å². The van der Waals surface area contributed by atoms with Crippen molar-refractivity contribution in [3.05, 3.63) is 77.5 Å². The number of nitrogens with one attached hydrogen (secondary N) is 1. The van der Waals surface area contributed by atoms with Crippen molar-refractivity contribution in [2.24, 2.45) is 5.73 Å². The molecular weight excluding hydrogens is 531 g/mol. The van der Waals surface area contributed by atoms with Crippen LogP contribution in [0.2, 0.25) is 0 Å². The van der Waals surface area contributed by atoms with Crippen molar-refractivity contribution in [2.75, 3.05) is 0 Å². The lowest BCUT2D eigenvalue weighted by Crippen LogP contribution is -2.42. The standard InChI is InChI=1S/C25H21F5N4O3S/c1-3-14-9-21-18(11-19(14)27)22(24(31)35)23(34(21)16-6-4-5-15(26)10-16)20-8-7-17(12-32-20)38(36,37)33-13(2)25(28,29)30/h4-13,33H,3H2,1-2H3,(H2,31,35). The summed E-state index contributed by atoms with van der Waals surface area (Å²) in [6.45, 7) is 2.38. The molecule has 3 N–H and O–H groups in total. The first-order valence-corrected chi connectivity index (χ1v) is 12.7. The van der Waals surface area contributed by atoms with Gasteiger partial charge in [-0.05, 0) is 61.4 Å². The van der Waals surface area contributed by atoms with E-state index >= 15 is 0 Å². The maximum atomic E-state index is 14.8. The molecule has 0 spiro atoms. The largest absolute Gasteiger partial charge is 0.404 e. The minimum Gasteiger partial charge on any atom is -0.366 e. The van der Waals surface area contributed by atoms with Crippen molar-refractivity contribution in [3.8, 4) is 17.1 Å². The summed E-state index contributed by atoms with van der Waals surface area (Å²) in [7, 11) is -4.61. The molecule has 4 aromatic rings. The number of pyridine rings is 1. The summed E-state index contributed by atoms with van der Waals surface area (Å²) in [4.78, 5) is 16.1. The van der Waals surface area contributed by atoms with Gasteiger partial charge in [0.05, 0.1) is 22.5 Å². The van der Waals surface area contributed by atoms with E-state index < -0.39 is 44.7 Å². The first-order valence-electron chi connectivity index (χ1n) is 11.2. The molecule has 13 heteroatoms. The number of hydrogen-bond donors (Lipinski definition) is 2. The van der Waals surface area contributed by atoms with E-state index in [1.54, 1.807) is 6.92 Å². The van der Waals surface area contributed by atoms with Crippen LogP contribution in [0.5, 0.6) is 0 Å². The predicted molar refractivity (Wildman–Crippen MR) is 130 cm³/mol. The lowest BCUT2D eigenvalue weighted by molar-refractivity contribution is -0.147. The number of rotatable bonds is 7. The number of aryl methyl sites for hydroxylation is 1. The third kappa shape index (κ3) is 4.98. The first kappa shape index (κ1) is 27.2. The Morgan fingerprint density at radius 1 is 1.13 bits per heavy atom. The molecule has 0 aliphatic carbocycles. The van der Waals surface area contributed by atoms with Gasteiger partial charge in [-0.15, -0.1) is 0 Å². The van der Waals surface area contributed by atoms with Crippen LogP contribution in [0.4, 0.5) is 22.0 Å². The summed E-state index contributed by atoms with van der Waals surface area (Å²) in [6.07, 6.45) is -3.68. The van der Waals surface area contributed by atoms with Gasteiger partial charge in [0.2, 0.25) is 10.0 Å². The van der Waals surface area contributed by atoms with Crippen LogP contribution < -0.4 is 10.5 Å². The Morgan fingerprint density at radius 3 is 2.39 bits per heavy atom. The molecule has 0 saturated heterocycles. The monoisotopic (exact) mass is 552 g/mol. The van der Waals surface area contributed by atoms with Crippen LogP contribution in [0.15, 0.2) is 59.6 Å². The highest BCUT2D eigenvalue weighted by Crippen LogP contribution is 2.37. The van der Waals surface area contributed by atoms with Gasteiger partial charge in [-0.3, -0.25) is 9.78 Å². The van der Waals surface area contributed by atoms with Crippen LogP contribution in [0, 0.1) is 11.6 Å². The van der Waals surface area contributed by atoms with Gasteiger partial charge in [-0.2, -0.15) is 17.9 Å². The van der Waals surface area contributed by atoms with Crippen molar-refractivity contribution in [1.29, 1.82) is 0 Å². The average Bonchev–Trinajstić information content (AvgIpc) is 3.16. The highest BCUT2D eigenvalue weighted by Gasteiger charge is 2.39. The number of fused-ring (bicyclic) bond motifs is 1. The van der Waals surface area contributed by atoms with Gasteiger partial charge in [-0.1, -0.05) is 13.0 Å². The van der Waals surface area contributed by atoms with Crippen LogP contribution in [0.1, 0.15) is 29.8 Å². The number of carbonyl (C=O) groups is 1. The molecule has 2 aromatic carbocycles. The van der Waals surface area contributed by atoms with E-state index in [4.69, 9.17) is 5.73 Å². The molecule has 1 unspecified atom stereocenters. The number of alkyl halides is 3. The molecule has 0 saturated carbocycles. The Bertz CT molecular complexity index is 1650. The topological polar surface area (TPSA) is 107 Å². The van der Waals surface area contributed by atoms with Crippen LogP contribution >= 0.6 is 0 Å². The molecule has 0 aliphatic rings. The molecule has 4 rings (SSSR count). The van der Waals surface area contributed by atoms with Gasteiger partial charge < -0.3 is 10.3 Å². The predicted octanol–water partition coefficient (Wildman–Crippen LogP) is 4.86. The number of primary amides is 1. The summed E-state index contributed by atoms with van der Waals surface area (Å²) in [5.41, 5.74) is 6.39. The summed E-state index contributed by atoms with van der Waals surface area (Å²) in [5, 5.41) is 0.116. The zero-order valence-corrected chi connectivity index (χ0v) is 20.8. The van der Waals surface area contributed by atoms with Crippen LogP contribution in [-0.2, 0) is 16.4 Å². The molecule has 1 atom stereocenters. The van der Waals surface area contributed by atoms with E-state index in [9.17, 15) is 35.2 Å². The highest BCUT2D eigenvalue weighted by molar-refractivity contribution is 7.89. The third-order valence-corrected chi connectivity index (χ3v) is 7.47. The van der Waals surface area contributed by atoms with E-state index in [1.807, 2.05) is 0 Å². The van der Waals surface area contributed by atoms with Crippen molar-refractivity contribution < 1.29 is 35.2 Å². The van der Waals surface area contributed by atoms with Crippen molar-refractivity contribution in [1.82, 2.24) is 14.3 Å². The lowest BCUT2D eigenvalue weighted by Gasteiger charge is -2.17.